The topological polar surface area (TPSA) is 20.3 Å². The average molecular weight is 322 g/mol. The van der Waals surface area contributed by atoms with Gasteiger partial charge in [0, 0.05) is 0 Å². The number of hydrogen-bond donors (Lipinski definition) is 0. The van der Waals surface area contributed by atoms with Crippen molar-refractivity contribution in [3.05, 3.63) is 59.7 Å². The van der Waals surface area contributed by atoms with E-state index >= 15 is 0 Å². The molecular formula is C16H21NOSe. The van der Waals surface area contributed by atoms with Crippen LogP contribution in [0.15, 0.2) is 54.1 Å². The van der Waals surface area contributed by atoms with Crippen LogP contribution >= 0.6 is 0 Å². The van der Waals surface area contributed by atoms with Gasteiger partial charge in [0.25, 0.3) is 0 Å². The van der Waals surface area contributed by atoms with Gasteiger partial charge in [-0.05, 0) is 0 Å². The first-order chi connectivity index (χ1) is 9.09. The second-order valence-electron chi connectivity index (χ2n) is 5.12. The van der Waals surface area contributed by atoms with Crippen molar-refractivity contribution < 1.29 is 3.83 Å². The molecule has 1 aromatic carbocycles. The summed E-state index contributed by atoms with van der Waals surface area (Å²) >= 11 is -1.92. The van der Waals surface area contributed by atoms with Gasteiger partial charge in [-0.1, -0.05) is 0 Å². The zero-order valence-corrected chi connectivity index (χ0v) is 13.5. The average Bonchev–Trinajstić information content (AvgIpc) is 2.88. The molecular weight excluding hydrogens is 301 g/mol. The molecule has 2 nitrogen and oxygen atoms in total. The van der Waals surface area contributed by atoms with E-state index < -0.39 is 13.8 Å². The molecule has 1 aliphatic carbocycles. The first-order valence-electron chi connectivity index (χ1n) is 6.55. The van der Waals surface area contributed by atoms with Crippen LogP contribution in [0.3, 0.4) is 0 Å². The minimum atomic E-state index is -1.92. The van der Waals surface area contributed by atoms with Crippen molar-refractivity contribution in [2.24, 2.45) is 0 Å². The molecule has 0 N–H and O–H groups in total. The summed E-state index contributed by atoms with van der Waals surface area (Å²) in [6.07, 6.45) is 6.30. The molecule has 2 rings (SSSR count). The second-order valence-corrected chi connectivity index (χ2v) is 8.39. The third kappa shape index (κ3) is 3.50. The molecule has 3 unspecified atom stereocenters. The Hall–Kier alpha value is -1.02. The second kappa shape index (κ2) is 6.42. The first kappa shape index (κ1) is 14.4. The normalized spacial score (nSPS) is 21.5. The van der Waals surface area contributed by atoms with Gasteiger partial charge in [-0.25, -0.2) is 0 Å². The Morgan fingerprint density at radius 3 is 2.58 bits per heavy atom. The first-order valence-corrected chi connectivity index (χ1v) is 9.45. The van der Waals surface area contributed by atoms with Crippen LogP contribution in [-0.4, -0.2) is 38.9 Å². The van der Waals surface area contributed by atoms with Gasteiger partial charge in [0.1, 0.15) is 0 Å². The Balaban J connectivity index is 2.07. The summed E-state index contributed by atoms with van der Waals surface area (Å²) in [7, 11) is 4.13. The van der Waals surface area contributed by atoms with Gasteiger partial charge in [0.15, 0.2) is 0 Å². The van der Waals surface area contributed by atoms with Crippen molar-refractivity contribution in [3.63, 3.8) is 0 Å². The van der Waals surface area contributed by atoms with Gasteiger partial charge in [-0.3, -0.25) is 0 Å². The van der Waals surface area contributed by atoms with Gasteiger partial charge in [0.05, 0.1) is 0 Å². The predicted octanol–water partition coefficient (Wildman–Crippen LogP) is 3.01. The summed E-state index contributed by atoms with van der Waals surface area (Å²) in [5.74, 6) is 0. The van der Waals surface area contributed by atoms with E-state index in [-0.39, 0.29) is 4.82 Å². The van der Waals surface area contributed by atoms with Gasteiger partial charge in [0.2, 0.25) is 0 Å². The Kier molecular flexibility index (Phi) is 4.87. The van der Waals surface area contributed by atoms with Gasteiger partial charge in [-0.15, -0.1) is 0 Å². The zero-order valence-electron chi connectivity index (χ0n) is 11.7. The molecule has 1 aromatic rings. The fourth-order valence-electron chi connectivity index (χ4n) is 2.22. The van der Waals surface area contributed by atoms with Gasteiger partial charge >= 0.3 is 119 Å². The number of nitrogens with zero attached hydrogens (tertiary/aromatic N) is 1. The van der Waals surface area contributed by atoms with Crippen LogP contribution in [0.25, 0.3) is 0 Å². The van der Waals surface area contributed by atoms with Crippen LogP contribution in [0.5, 0.6) is 0 Å². The van der Waals surface area contributed by atoms with Crippen LogP contribution in [0.4, 0.5) is 0 Å². The molecule has 0 radical (unpaired) electrons. The van der Waals surface area contributed by atoms with Crippen molar-refractivity contribution in [2.45, 2.75) is 23.1 Å². The van der Waals surface area contributed by atoms with Crippen molar-refractivity contribution in [3.8, 4) is 0 Å². The Morgan fingerprint density at radius 2 is 1.95 bits per heavy atom. The monoisotopic (exact) mass is 323 g/mol. The van der Waals surface area contributed by atoms with E-state index in [9.17, 15) is 3.83 Å². The fourth-order valence-corrected chi connectivity index (χ4v) is 5.46. The van der Waals surface area contributed by atoms with Crippen molar-refractivity contribution >= 4 is 13.8 Å². The van der Waals surface area contributed by atoms with E-state index in [1.807, 2.05) is 18.2 Å². The molecule has 3 atom stereocenters. The number of rotatable bonds is 5. The van der Waals surface area contributed by atoms with Crippen LogP contribution in [-0.2, 0) is 9.15 Å². The van der Waals surface area contributed by atoms with Gasteiger partial charge < -0.3 is 0 Å². The maximum atomic E-state index is 12.6. The number of likely N-dealkylation sites (N-methyl/N-ethyl adjacent to an activating group) is 1. The van der Waals surface area contributed by atoms with E-state index in [1.54, 1.807) is 0 Å². The molecule has 0 aromatic heterocycles. The molecule has 3 heteroatoms. The predicted molar refractivity (Wildman–Crippen MR) is 80.7 cm³/mol. The molecule has 1 aliphatic rings. The van der Waals surface area contributed by atoms with E-state index in [0.717, 1.165) is 0 Å². The molecule has 0 saturated carbocycles. The van der Waals surface area contributed by atoms with E-state index in [2.05, 4.69) is 56.3 Å². The SMILES string of the molecule is CC(C1=CC=CC1[Se](=O)Cc1ccccc1)N(C)C. The fraction of sp³-hybridized carbons (Fsp3) is 0.375. The summed E-state index contributed by atoms with van der Waals surface area (Å²) in [6, 6.07) is 10.5. The summed E-state index contributed by atoms with van der Waals surface area (Å²) in [4.78, 5) is 2.32. The molecule has 0 aliphatic heterocycles. The Labute approximate surface area is 119 Å². The molecule has 0 saturated heterocycles. The Morgan fingerprint density at radius 1 is 1.26 bits per heavy atom. The summed E-state index contributed by atoms with van der Waals surface area (Å²) in [5.41, 5.74) is 2.47. The maximum absolute atomic E-state index is 12.6. The van der Waals surface area contributed by atoms with E-state index in [4.69, 9.17) is 0 Å². The number of allylic oxidation sites excluding steroid dienone is 3. The summed E-state index contributed by atoms with van der Waals surface area (Å²) in [6.45, 7) is 2.17. The molecule has 0 bridgehead atoms. The van der Waals surface area contributed by atoms with E-state index in [0.29, 0.717) is 11.4 Å². The minimum absolute atomic E-state index is 0.151. The molecule has 102 valence electrons. The van der Waals surface area contributed by atoms with Crippen LogP contribution < -0.4 is 0 Å². The standard InChI is InChI=1S/C16H21NOSe/c1-13(17(2)3)15-10-7-11-16(15)19(18)12-14-8-5-4-6-9-14/h4-11,13,16H,12H2,1-3H3. The van der Waals surface area contributed by atoms with Crippen molar-refractivity contribution in [2.75, 3.05) is 14.1 Å². The van der Waals surface area contributed by atoms with Crippen molar-refractivity contribution in [1.29, 1.82) is 0 Å². The molecule has 0 fully saturated rings. The third-order valence-electron chi connectivity index (χ3n) is 3.60. The van der Waals surface area contributed by atoms with Crippen molar-refractivity contribution in [1.82, 2.24) is 4.90 Å². The third-order valence-corrected chi connectivity index (χ3v) is 6.98. The molecule has 0 spiro atoms. The quantitative estimate of drug-likeness (QED) is 0.777. The molecule has 0 amide bonds. The van der Waals surface area contributed by atoms with Crippen LogP contribution in [0, 0.1) is 0 Å². The molecule has 0 heterocycles. The van der Waals surface area contributed by atoms with Gasteiger partial charge in [-0.2, -0.15) is 0 Å². The van der Waals surface area contributed by atoms with Crippen LogP contribution in [0.1, 0.15) is 12.5 Å². The zero-order chi connectivity index (χ0) is 13.8. The van der Waals surface area contributed by atoms with Crippen LogP contribution in [0.2, 0.25) is 4.82 Å². The Bertz CT molecular complexity index is 505. The number of benzene rings is 1. The summed E-state index contributed by atoms with van der Waals surface area (Å²) in [5, 5.41) is 0.716. The van der Waals surface area contributed by atoms with E-state index in [1.165, 1.54) is 11.1 Å². The molecule has 19 heavy (non-hydrogen) atoms. The summed E-state index contributed by atoms with van der Waals surface area (Å²) < 4.78 is 12.6. The number of hydrogen-bond acceptors (Lipinski definition) is 2.